The number of carbonyl (C=O) groups excluding carboxylic acids is 1. The van der Waals surface area contributed by atoms with Gasteiger partial charge in [-0.1, -0.05) is 23.7 Å². The topological polar surface area (TPSA) is 44.8 Å². The number of alkyl halides is 3. The van der Waals surface area contributed by atoms with Gasteiger partial charge in [0.15, 0.2) is 6.61 Å². The molecule has 1 atom stereocenters. The molecule has 1 aromatic rings. The molecule has 0 saturated heterocycles. The second-order valence-corrected chi connectivity index (χ2v) is 6.48. The quantitative estimate of drug-likeness (QED) is 0.658. The number of halogens is 4. The van der Waals surface area contributed by atoms with Gasteiger partial charge in [0, 0.05) is 11.1 Å². The lowest BCUT2D eigenvalue weighted by Gasteiger charge is -2.24. The third kappa shape index (κ3) is 5.37. The molecular formula is C19H16ClF3O4. The van der Waals surface area contributed by atoms with E-state index in [-0.39, 0.29) is 30.1 Å². The first-order valence-corrected chi connectivity index (χ1v) is 8.52. The van der Waals surface area contributed by atoms with Crippen molar-refractivity contribution in [1.29, 1.82) is 0 Å². The smallest absolute Gasteiger partial charge is 0.422 e. The summed E-state index contributed by atoms with van der Waals surface area (Å²) < 4.78 is 52.6. The molecule has 0 saturated carbocycles. The van der Waals surface area contributed by atoms with E-state index in [2.05, 4.69) is 4.74 Å². The number of carbonyl (C=O) groups is 1. The molecule has 2 aliphatic rings. The molecule has 8 heteroatoms. The average molecular weight is 401 g/mol. The Kier molecular flexibility index (Phi) is 5.92. The van der Waals surface area contributed by atoms with Gasteiger partial charge in [-0.25, -0.2) is 0 Å². The number of benzene rings is 1. The number of allylic oxidation sites excluding steroid dienone is 1. The molecule has 1 heterocycles. The molecule has 0 fully saturated rings. The van der Waals surface area contributed by atoms with E-state index in [1.165, 1.54) is 12.1 Å². The predicted octanol–water partition coefficient (Wildman–Crippen LogP) is 4.54. The van der Waals surface area contributed by atoms with Crippen molar-refractivity contribution in [3.8, 4) is 5.75 Å². The van der Waals surface area contributed by atoms with Gasteiger partial charge in [-0.2, -0.15) is 13.2 Å². The van der Waals surface area contributed by atoms with E-state index in [9.17, 15) is 18.0 Å². The van der Waals surface area contributed by atoms with Gasteiger partial charge in [0.2, 0.25) is 0 Å². The summed E-state index contributed by atoms with van der Waals surface area (Å²) in [5, 5.41) is 0.0895. The van der Waals surface area contributed by atoms with E-state index in [1.807, 2.05) is 12.2 Å². The van der Waals surface area contributed by atoms with Crippen LogP contribution >= 0.6 is 11.6 Å². The van der Waals surface area contributed by atoms with Gasteiger partial charge in [-0.15, -0.1) is 0 Å². The maximum Gasteiger partial charge on any atom is 0.422 e. The number of hydrogen-bond acceptors (Lipinski definition) is 4. The summed E-state index contributed by atoms with van der Waals surface area (Å²) in [6.07, 6.45) is 2.32. The van der Waals surface area contributed by atoms with E-state index >= 15 is 0 Å². The Morgan fingerprint density at radius 2 is 2.15 bits per heavy atom. The van der Waals surface area contributed by atoms with Gasteiger partial charge in [0.05, 0.1) is 17.7 Å². The van der Waals surface area contributed by atoms with Crippen molar-refractivity contribution in [3.63, 3.8) is 0 Å². The molecular weight excluding hydrogens is 385 g/mol. The molecule has 0 aromatic heterocycles. The van der Waals surface area contributed by atoms with E-state index in [0.717, 1.165) is 11.9 Å². The molecule has 1 aliphatic carbocycles. The lowest BCUT2D eigenvalue weighted by Crippen LogP contribution is -2.19. The van der Waals surface area contributed by atoms with Crippen molar-refractivity contribution in [3.05, 3.63) is 63.9 Å². The number of fused-ring (bicyclic) bond motifs is 1. The maximum atomic E-state index is 12.2. The number of rotatable bonds is 6. The third-order valence-electron chi connectivity index (χ3n) is 3.93. The highest BCUT2D eigenvalue weighted by Gasteiger charge is 2.28. The fourth-order valence-electron chi connectivity index (χ4n) is 2.64. The molecule has 27 heavy (non-hydrogen) atoms. The standard InChI is InChI=1S/C19H16ClF3O4/c20-16-6-12(1-4-17(16)27-11-19(21,22)23)9-25-15-3-2-14-5-13(8-24)10-26-18(14)7-15/h1-2,4-8,15H,3,9-11H2. The molecule has 1 aliphatic heterocycles. The van der Waals surface area contributed by atoms with Crippen LogP contribution < -0.4 is 4.74 Å². The van der Waals surface area contributed by atoms with Crippen LogP contribution in [0.3, 0.4) is 0 Å². The Hall–Kier alpha value is -2.25. The van der Waals surface area contributed by atoms with Gasteiger partial charge in [0.1, 0.15) is 24.4 Å². The van der Waals surface area contributed by atoms with Crippen molar-refractivity contribution < 1.29 is 32.2 Å². The number of ether oxygens (including phenoxy) is 3. The van der Waals surface area contributed by atoms with Crippen LogP contribution in [0.15, 0.2) is 53.3 Å². The van der Waals surface area contributed by atoms with Gasteiger partial charge in [-0.3, -0.25) is 4.79 Å². The van der Waals surface area contributed by atoms with Crippen LogP contribution in [0.5, 0.6) is 5.75 Å². The van der Waals surface area contributed by atoms with Crippen molar-refractivity contribution in [2.75, 3.05) is 13.2 Å². The van der Waals surface area contributed by atoms with Crippen LogP contribution in [-0.2, 0) is 20.9 Å². The minimum atomic E-state index is -4.42. The third-order valence-corrected chi connectivity index (χ3v) is 4.23. The Bertz CT molecular complexity index is 812. The summed E-state index contributed by atoms with van der Waals surface area (Å²) in [4.78, 5) is 10.8. The molecule has 1 aromatic carbocycles. The molecule has 4 nitrogen and oxygen atoms in total. The van der Waals surface area contributed by atoms with E-state index in [1.54, 1.807) is 12.1 Å². The highest BCUT2D eigenvalue weighted by atomic mass is 35.5. The van der Waals surface area contributed by atoms with Crippen LogP contribution in [-0.4, -0.2) is 31.8 Å². The number of aldehydes is 1. The summed E-state index contributed by atoms with van der Waals surface area (Å²) in [5.74, 6) is 0.643. The van der Waals surface area contributed by atoms with Crippen LogP contribution in [0.25, 0.3) is 0 Å². The maximum absolute atomic E-state index is 12.2. The first-order chi connectivity index (χ1) is 12.8. The van der Waals surface area contributed by atoms with Gasteiger partial charge < -0.3 is 14.2 Å². The van der Waals surface area contributed by atoms with E-state index < -0.39 is 12.8 Å². The molecule has 0 spiro atoms. The van der Waals surface area contributed by atoms with Gasteiger partial charge >= 0.3 is 6.18 Å². The van der Waals surface area contributed by atoms with Crippen LogP contribution in [0.1, 0.15) is 12.0 Å². The van der Waals surface area contributed by atoms with Crippen molar-refractivity contribution >= 4 is 17.9 Å². The fourth-order valence-corrected chi connectivity index (χ4v) is 2.90. The lowest BCUT2D eigenvalue weighted by atomic mass is 9.99. The highest BCUT2D eigenvalue weighted by Crippen LogP contribution is 2.30. The second kappa shape index (κ2) is 8.19. The second-order valence-electron chi connectivity index (χ2n) is 6.07. The van der Waals surface area contributed by atoms with Crippen molar-refractivity contribution in [2.45, 2.75) is 25.3 Å². The average Bonchev–Trinajstić information content (AvgIpc) is 2.64. The highest BCUT2D eigenvalue weighted by molar-refractivity contribution is 6.32. The monoisotopic (exact) mass is 400 g/mol. The molecule has 0 bridgehead atoms. The zero-order chi connectivity index (χ0) is 19.4. The Morgan fingerprint density at radius 3 is 2.85 bits per heavy atom. The summed E-state index contributed by atoms with van der Waals surface area (Å²) in [6.45, 7) is -0.937. The molecule has 144 valence electrons. The van der Waals surface area contributed by atoms with Crippen LogP contribution in [0.4, 0.5) is 13.2 Å². The Balaban J connectivity index is 1.56. The van der Waals surface area contributed by atoms with Crippen LogP contribution in [0, 0.1) is 0 Å². The molecule has 1 unspecified atom stereocenters. The first-order valence-electron chi connectivity index (χ1n) is 8.14. The van der Waals surface area contributed by atoms with Gasteiger partial charge in [0.25, 0.3) is 0 Å². The minimum absolute atomic E-state index is 0.0292. The summed E-state index contributed by atoms with van der Waals surface area (Å²) in [6, 6.07) is 4.51. The minimum Gasteiger partial charge on any atom is -0.488 e. The largest absolute Gasteiger partial charge is 0.488 e. The molecule has 3 rings (SSSR count). The summed E-state index contributed by atoms with van der Waals surface area (Å²) >= 11 is 5.97. The van der Waals surface area contributed by atoms with Crippen LogP contribution in [0.2, 0.25) is 5.02 Å². The zero-order valence-corrected chi connectivity index (χ0v) is 14.8. The first kappa shape index (κ1) is 19.5. The van der Waals surface area contributed by atoms with Crippen molar-refractivity contribution in [2.24, 2.45) is 0 Å². The lowest BCUT2D eigenvalue weighted by molar-refractivity contribution is -0.153. The van der Waals surface area contributed by atoms with Crippen molar-refractivity contribution in [1.82, 2.24) is 0 Å². The van der Waals surface area contributed by atoms with E-state index in [4.69, 9.17) is 21.1 Å². The summed E-state index contributed by atoms with van der Waals surface area (Å²) in [7, 11) is 0. The fraction of sp³-hybridized carbons (Fsp3) is 0.316. The zero-order valence-electron chi connectivity index (χ0n) is 14.1. The summed E-state index contributed by atoms with van der Waals surface area (Å²) in [5.41, 5.74) is 2.15. The SMILES string of the molecule is O=CC1=CC2=CCC(OCc3ccc(OCC(F)(F)F)c(Cl)c3)C=C2OC1. The molecule has 0 amide bonds. The molecule has 0 radical (unpaired) electrons. The Morgan fingerprint density at radius 1 is 1.33 bits per heavy atom. The van der Waals surface area contributed by atoms with Gasteiger partial charge in [-0.05, 0) is 36.3 Å². The normalized spacial score (nSPS) is 19.3. The number of hydrogen-bond donors (Lipinski definition) is 0. The Labute approximate surface area is 158 Å². The molecule has 0 N–H and O–H groups in total. The van der Waals surface area contributed by atoms with E-state index in [0.29, 0.717) is 23.3 Å². The predicted molar refractivity (Wildman–Crippen MR) is 92.5 cm³/mol.